The predicted molar refractivity (Wildman–Crippen MR) is 144 cm³/mol. The highest BCUT2D eigenvalue weighted by Crippen LogP contribution is 2.20. The Morgan fingerprint density at radius 3 is 2.53 bits per heavy atom. The number of piperidine rings is 1. The summed E-state index contributed by atoms with van der Waals surface area (Å²) in [7, 11) is 0. The number of nitrogens with zero attached hydrogens (tertiary/aromatic N) is 3. The highest BCUT2D eigenvalue weighted by Gasteiger charge is 2.29. The Morgan fingerprint density at radius 1 is 1.09 bits per heavy atom. The normalized spacial score (nSPS) is 20.3. The van der Waals surface area contributed by atoms with Crippen LogP contribution in [0.5, 0.6) is 0 Å². The maximum Gasteiger partial charge on any atom is 0.223 e. The molecule has 0 bridgehead atoms. The number of guanidine groups is 1. The van der Waals surface area contributed by atoms with Gasteiger partial charge in [-0.3, -0.25) is 9.79 Å². The first-order valence-electron chi connectivity index (χ1n) is 12.2. The molecule has 2 fully saturated rings. The number of carbonyl (C=O) groups excluding carboxylic acids is 1. The summed E-state index contributed by atoms with van der Waals surface area (Å²) < 4.78 is 0. The van der Waals surface area contributed by atoms with Crippen LogP contribution < -0.4 is 10.6 Å². The SMILES string of the molecule is CCNC(=NCC1CC(=O)N(CCc2ccccc2)C1)NCCC1CCN(CC)CC1.I. The zero-order valence-corrected chi connectivity index (χ0v) is 22.2. The first-order valence-corrected chi connectivity index (χ1v) is 12.2. The number of aliphatic imine (C=N–C) groups is 1. The number of halogens is 1. The molecule has 0 radical (unpaired) electrons. The number of likely N-dealkylation sites (tertiary alicyclic amines) is 2. The molecule has 1 unspecified atom stereocenters. The molecule has 2 saturated heterocycles. The molecule has 2 heterocycles. The van der Waals surface area contributed by atoms with Crippen molar-refractivity contribution in [3.8, 4) is 0 Å². The van der Waals surface area contributed by atoms with Crippen LogP contribution in [-0.4, -0.2) is 74.0 Å². The molecule has 0 aromatic heterocycles. The molecule has 2 aliphatic rings. The van der Waals surface area contributed by atoms with Gasteiger partial charge in [-0.2, -0.15) is 0 Å². The van der Waals surface area contributed by atoms with Crippen molar-refractivity contribution in [2.24, 2.45) is 16.8 Å². The molecule has 1 aromatic rings. The topological polar surface area (TPSA) is 60.0 Å². The number of hydrogen-bond donors (Lipinski definition) is 2. The van der Waals surface area contributed by atoms with Gasteiger partial charge in [0.2, 0.25) is 5.91 Å². The lowest BCUT2D eigenvalue weighted by molar-refractivity contribution is -0.127. The Balaban J connectivity index is 0.00000363. The summed E-state index contributed by atoms with van der Waals surface area (Å²) in [5, 5.41) is 6.87. The third-order valence-electron chi connectivity index (χ3n) is 6.66. The number of rotatable bonds is 10. The Kier molecular flexibility index (Phi) is 12.4. The monoisotopic (exact) mass is 555 g/mol. The third kappa shape index (κ3) is 8.89. The Hall–Kier alpha value is -1.35. The zero-order chi connectivity index (χ0) is 21.9. The maximum atomic E-state index is 12.4. The highest BCUT2D eigenvalue weighted by atomic mass is 127. The van der Waals surface area contributed by atoms with E-state index in [-0.39, 0.29) is 29.9 Å². The van der Waals surface area contributed by atoms with Crippen LogP contribution in [-0.2, 0) is 11.2 Å². The van der Waals surface area contributed by atoms with Gasteiger partial charge >= 0.3 is 0 Å². The Bertz CT molecular complexity index is 691. The molecule has 0 saturated carbocycles. The first-order chi connectivity index (χ1) is 15.2. The van der Waals surface area contributed by atoms with E-state index < -0.39 is 0 Å². The fourth-order valence-corrected chi connectivity index (χ4v) is 4.65. The molecule has 7 heteroatoms. The fraction of sp³-hybridized carbons (Fsp3) is 0.680. The lowest BCUT2D eigenvalue weighted by Gasteiger charge is -2.31. The summed E-state index contributed by atoms with van der Waals surface area (Å²) >= 11 is 0. The van der Waals surface area contributed by atoms with Crippen molar-refractivity contribution in [1.29, 1.82) is 0 Å². The van der Waals surface area contributed by atoms with Gasteiger partial charge in [-0.1, -0.05) is 37.3 Å². The van der Waals surface area contributed by atoms with Gasteiger partial charge in [0.25, 0.3) is 0 Å². The van der Waals surface area contributed by atoms with E-state index in [0.29, 0.717) is 18.9 Å². The van der Waals surface area contributed by atoms with Gasteiger partial charge in [0.05, 0.1) is 0 Å². The molecule has 2 N–H and O–H groups in total. The van der Waals surface area contributed by atoms with E-state index >= 15 is 0 Å². The van der Waals surface area contributed by atoms with Crippen LogP contribution in [0.2, 0.25) is 0 Å². The predicted octanol–water partition coefficient (Wildman–Crippen LogP) is 3.37. The minimum Gasteiger partial charge on any atom is -0.357 e. The number of nitrogens with one attached hydrogen (secondary N) is 2. The van der Waals surface area contributed by atoms with Crippen molar-refractivity contribution < 1.29 is 4.79 Å². The summed E-state index contributed by atoms with van der Waals surface area (Å²) in [6, 6.07) is 10.4. The van der Waals surface area contributed by atoms with Crippen molar-refractivity contribution in [2.45, 2.75) is 46.0 Å². The highest BCUT2D eigenvalue weighted by molar-refractivity contribution is 14.0. The van der Waals surface area contributed by atoms with Crippen LogP contribution in [0.25, 0.3) is 0 Å². The van der Waals surface area contributed by atoms with Gasteiger partial charge in [0.15, 0.2) is 5.96 Å². The van der Waals surface area contributed by atoms with Crippen LogP contribution in [0.4, 0.5) is 0 Å². The summed E-state index contributed by atoms with van der Waals surface area (Å²) in [6.45, 7) is 12.2. The minimum atomic E-state index is 0. The second-order valence-electron chi connectivity index (χ2n) is 8.96. The molecule has 0 spiro atoms. The van der Waals surface area contributed by atoms with Crippen molar-refractivity contribution in [3.05, 3.63) is 35.9 Å². The molecule has 1 atom stereocenters. The van der Waals surface area contributed by atoms with E-state index in [4.69, 9.17) is 4.99 Å². The fourth-order valence-electron chi connectivity index (χ4n) is 4.65. The van der Waals surface area contributed by atoms with Gasteiger partial charge in [0.1, 0.15) is 0 Å². The summed E-state index contributed by atoms with van der Waals surface area (Å²) in [4.78, 5) is 21.8. The number of hydrogen-bond acceptors (Lipinski definition) is 3. The molecule has 6 nitrogen and oxygen atoms in total. The van der Waals surface area contributed by atoms with Crippen LogP contribution in [0.3, 0.4) is 0 Å². The van der Waals surface area contributed by atoms with Crippen molar-refractivity contribution in [3.63, 3.8) is 0 Å². The molecular weight excluding hydrogens is 513 g/mol. The number of amides is 1. The second-order valence-corrected chi connectivity index (χ2v) is 8.96. The van der Waals surface area contributed by atoms with Crippen molar-refractivity contribution >= 4 is 35.8 Å². The molecule has 1 aromatic carbocycles. The summed E-state index contributed by atoms with van der Waals surface area (Å²) in [5.41, 5.74) is 1.29. The van der Waals surface area contributed by atoms with E-state index in [1.165, 1.54) is 44.5 Å². The van der Waals surface area contributed by atoms with Gasteiger partial charge in [-0.25, -0.2) is 0 Å². The molecule has 32 heavy (non-hydrogen) atoms. The van der Waals surface area contributed by atoms with Gasteiger partial charge in [0, 0.05) is 45.1 Å². The van der Waals surface area contributed by atoms with Crippen LogP contribution in [0.1, 0.15) is 45.1 Å². The lowest BCUT2D eigenvalue weighted by Crippen LogP contribution is -2.39. The largest absolute Gasteiger partial charge is 0.357 e. The van der Waals surface area contributed by atoms with Gasteiger partial charge in [-0.15, -0.1) is 24.0 Å². The maximum absolute atomic E-state index is 12.4. The Labute approximate surface area is 211 Å². The van der Waals surface area contributed by atoms with Crippen molar-refractivity contribution in [1.82, 2.24) is 20.4 Å². The molecular formula is C25H42IN5O. The standard InChI is InChI=1S/C25H41N5O.HI/c1-3-26-25(27-14-10-22-11-15-29(4-2)16-12-22)28-19-23-18-24(31)30(20-23)17-13-21-8-6-5-7-9-21;/h5-9,22-23H,3-4,10-20H2,1-2H3,(H2,26,27,28);1H. The van der Waals surface area contributed by atoms with E-state index in [0.717, 1.165) is 44.5 Å². The van der Waals surface area contributed by atoms with Crippen LogP contribution in [0.15, 0.2) is 35.3 Å². The lowest BCUT2D eigenvalue weighted by atomic mass is 9.93. The van der Waals surface area contributed by atoms with Crippen LogP contribution in [0, 0.1) is 11.8 Å². The van der Waals surface area contributed by atoms with Crippen molar-refractivity contribution in [2.75, 3.05) is 52.4 Å². The number of benzene rings is 1. The third-order valence-corrected chi connectivity index (χ3v) is 6.66. The molecule has 3 rings (SSSR count). The van der Waals surface area contributed by atoms with Crippen LogP contribution >= 0.6 is 24.0 Å². The van der Waals surface area contributed by atoms with Gasteiger partial charge < -0.3 is 20.4 Å². The van der Waals surface area contributed by atoms with E-state index in [2.05, 4.69) is 53.6 Å². The van der Waals surface area contributed by atoms with Gasteiger partial charge in [-0.05, 0) is 63.7 Å². The smallest absolute Gasteiger partial charge is 0.223 e. The Morgan fingerprint density at radius 2 is 1.84 bits per heavy atom. The molecule has 2 aliphatic heterocycles. The molecule has 1 amide bonds. The number of carbonyl (C=O) groups is 1. The van der Waals surface area contributed by atoms with E-state index in [1.54, 1.807) is 0 Å². The second kappa shape index (κ2) is 14.7. The first kappa shape index (κ1) is 26.9. The molecule has 0 aliphatic carbocycles. The average Bonchev–Trinajstić information content (AvgIpc) is 3.16. The van der Waals surface area contributed by atoms with E-state index in [9.17, 15) is 4.79 Å². The average molecular weight is 556 g/mol. The zero-order valence-electron chi connectivity index (χ0n) is 19.9. The summed E-state index contributed by atoms with van der Waals surface area (Å²) in [6.07, 6.45) is 5.37. The summed E-state index contributed by atoms with van der Waals surface area (Å²) in [5.74, 6) is 2.30. The quantitative estimate of drug-likeness (QED) is 0.264. The minimum absolute atomic E-state index is 0. The molecule has 180 valence electrons. The van der Waals surface area contributed by atoms with E-state index in [1.807, 2.05) is 11.0 Å².